The van der Waals surface area contributed by atoms with E-state index in [-0.39, 0.29) is 12.2 Å². The van der Waals surface area contributed by atoms with Gasteiger partial charge in [-0.1, -0.05) is 17.7 Å². The highest BCUT2D eigenvalue weighted by atomic mass is 35.5. The third-order valence-corrected chi connectivity index (χ3v) is 4.97. The number of alkyl halides is 3. The second-order valence-electron chi connectivity index (χ2n) is 6.73. The van der Waals surface area contributed by atoms with Gasteiger partial charge in [0.25, 0.3) is 0 Å². The van der Waals surface area contributed by atoms with Gasteiger partial charge in [0, 0.05) is 30.5 Å². The van der Waals surface area contributed by atoms with E-state index in [1.165, 1.54) is 29.3 Å². The van der Waals surface area contributed by atoms with E-state index in [1.807, 2.05) is 0 Å². The number of nitrogens with zero attached hydrogens (tertiary/aromatic N) is 2. The third kappa shape index (κ3) is 5.10. The number of nitrogens with one attached hydrogen (secondary N) is 1. The predicted octanol–water partition coefficient (Wildman–Crippen LogP) is 4.10. The summed E-state index contributed by atoms with van der Waals surface area (Å²) in [5.74, 6) is 0. The Morgan fingerprint density at radius 2 is 2.00 bits per heavy atom. The Morgan fingerprint density at radius 1 is 1.30 bits per heavy atom. The van der Waals surface area contributed by atoms with Crippen molar-refractivity contribution in [2.45, 2.75) is 18.7 Å². The molecule has 160 valence electrons. The Balaban J connectivity index is 1.63. The van der Waals surface area contributed by atoms with Crippen molar-refractivity contribution in [1.29, 1.82) is 0 Å². The Bertz CT molecular complexity index is 949. The topological polar surface area (TPSA) is 85.7 Å². The fourth-order valence-electron chi connectivity index (χ4n) is 2.99. The van der Waals surface area contributed by atoms with Gasteiger partial charge in [-0.25, -0.2) is 4.79 Å². The summed E-state index contributed by atoms with van der Waals surface area (Å²) >= 11 is 6.25. The van der Waals surface area contributed by atoms with Crippen LogP contribution in [0.15, 0.2) is 42.6 Å². The van der Waals surface area contributed by atoms with E-state index in [9.17, 15) is 23.1 Å². The molecule has 2 amide bonds. The van der Waals surface area contributed by atoms with E-state index < -0.39 is 30.5 Å². The molecule has 1 unspecified atom stereocenters. The van der Waals surface area contributed by atoms with Gasteiger partial charge in [-0.2, -0.15) is 13.2 Å². The average Bonchev–Trinajstić information content (AvgIpc) is 2.73. The number of aromatic nitrogens is 1. The van der Waals surface area contributed by atoms with E-state index >= 15 is 0 Å². The van der Waals surface area contributed by atoms with Gasteiger partial charge in [-0.05, 0) is 42.3 Å². The molecule has 0 spiro atoms. The number of hydrogen-bond acceptors (Lipinski definition) is 4. The fourth-order valence-corrected chi connectivity index (χ4v) is 3.29. The lowest BCUT2D eigenvalue weighted by Crippen LogP contribution is -2.38. The van der Waals surface area contributed by atoms with Crippen LogP contribution in [-0.2, 0) is 6.18 Å². The first-order valence-electron chi connectivity index (χ1n) is 9.06. The number of benzene rings is 1. The highest BCUT2D eigenvalue weighted by Crippen LogP contribution is 2.31. The summed E-state index contributed by atoms with van der Waals surface area (Å²) in [7, 11) is 0. The number of aliphatic hydroxyl groups excluding tert-OH is 2. The highest BCUT2D eigenvalue weighted by Gasteiger charge is 2.30. The van der Waals surface area contributed by atoms with Gasteiger partial charge >= 0.3 is 12.2 Å². The second-order valence-corrected chi connectivity index (χ2v) is 7.14. The monoisotopic (exact) mass is 441 g/mol. The van der Waals surface area contributed by atoms with Gasteiger partial charge in [0.1, 0.15) is 6.10 Å². The van der Waals surface area contributed by atoms with Crippen molar-refractivity contribution in [3.05, 3.63) is 64.4 Å². The minimum Gasteiger partial charge on any atom is -0.393 e. The summed E-state index contributed by atoms with van der Waals surface area (Å²) in [6, 6.07) is 5.35. The molecule has 1 aliphatic rings. The van der Waals surface area contributed by atoms with Crippen LogP contribution in [0.3, 0.4) is 0 Å². The Morgan fingerprint density at radius 3 is 2.53 bits per heavy atom. The molecule has 1 aromatic heterocycles. The zero-order valence-corrected chi connectivity index (χ0v) is 16.4. The lowest BCUT2D eigenvalue weighted by atomic mass is 10.0. The van der Waals surface area contributed by atoms with Crippen molar-refractivity contribution >= 4 is 28.9 Å². The van der Waals surface area contributed by atoms with E-state index in [0.717, 1.165) is 17.7 Å². The molecule has 2 heterocycles. The Labute approximate surface area is 175 Å². The van der Waals surface area contributed by atoms with Gasteiger partial charge in [-0.15, -0.1) is 0 Å². The summed E-state index contributed by atoms with van der Waals surface area (Å²) in [5, 5.41) is 21.6. The SMILES string of the molecule is O=C(Nc1ccc(C(F)(F)F)cc1)N1CC=C(c2ncc(C(O)CO)cc2Cl)CC1. The number of pyridine rings is 1. The van der Waals surface area contributed by atoms with Crippen LogP contribution in [0.5, 0.6) is 0 Å². The molecule has 0 radical (unpaired) electrons. The number of urea groups is 1. The van der Waals surface area contributed by atoms with Gasteiger partial charge < -0.3 is 20.4 Å². The molecule has 30 heavy (non-hydrogen) atoms. The van der Waals surface area contributed by atoms with Crippen molar-refractivity contribution in [3.63, 3.8) is 0 Å². The summed E-state index contributed by atoms with van der Waals surface area (Å²) in [6.07, 6.45) is -1.78. The number of rotatable bonds is 4. The van der Waals surface area contributed by atoms with E-state index in [1.54, 1.807) is 6.08 Å². The molecule has 3 N–H and O–H groups in total. The fraction of sp³-hybridized carbons (Fsp3) is 0.300. The quantitative estimate of drug-likeness (QED) is 0.666. The molecule has 0 saturated heterocycles. The van der Waals surface area contributed by atoms with E-state index in [4.69, 9.17) is 16.7 Å². The minimum atomic E-state index is -4.43. The molecule has 1 aliphatic heterocycles. The zero-order chi connectivity index (χ0) is 21.9. The Hall–Kier alpha value is -2.62. The van der Waals surface area contributed by atoms with E-state index in [0.29, 0.717) is 29.2 Å². The molecule has 6 nitrogen and oxygen atoms in total. The van der Waals surface area contributed by atoms with Crippen LogP contribution in [0, 0.1) is 0 Å². The Kier molecular flexibility index (Phi) is 6.64. The summed E-state index contributed by atoms with van der Waals surface area (Å²) in [4.78, 5) is 18.1. The molecular formula is C20H19ClF3N3O3. The lowest BCUT2D eigenvalue weighted by molar-refractivity contribution is -0.137. The number of amides is 2. The van der Waals surface area contributed by atoms with Crippen LogP contribution < -0.4 is 5.32 Å². The van der Waals surface area contributed by atoms with Crippen LogP contribution in [0.1, 0.15) is 29.3 Å². The van der Waals surface area contributed by atoms with Crippen LogP contribution in [0.2, 0.25) is 5.02 Å². The number of carbonyl (C=O) groups is 1. The molecule has 10 heteroatoms. The molecule has 3 rings (SSSR count). The number of aliphatic hydroxyl groups is 2. The molecular weight excluding hydrogens is 423 g/mol. The molecule has 1 aromatic carbocycles. The number of anilines is 1. The number of hydrogen-bond donors (Lipinski definition) is 3. The van der Waals surface area contributed by atoms with Crippen molar-refractivity contribution < 1.29 is 28.2 Å². The first-order chi connectivity index (χ1) is 14.2. The number of carbonyl (C=O) groups excluding carboxylic acids is 1. The molecule has 2 aromatic rings. The van der Waals surface area contributed by atoms with Gasteiger partial charge in [0.2, 0.25) is 0 Å². The third-order valence-electron chi connectivity index (χ3n) is 4.68. The average molecular weight is 442 g/mol. The zero-order valence-electron chi connectivity index (χ0n) is 15.7. The maximum atomic E-state index is 12.6. The maximum absolute atomic E-state index is 12.6. The van der Waals surface area contributed by atoms with Crippen LogP contribution in [-0.4, -0.2) is 45.8 Å². The van der Waals surface area contributed by atoms with Crippen molar-refractivity contribution in [2.24, 2.45) is 0 Å². The van der Waals surface area contributed by atoms with Crippen molar-refractivity contribution in [3.8, 4) is 0 Å². The van der Waals surface area contributed by atoms with Crippen LogP contribution in [0.25, 0.3) is 5.57 Å². The largest absolute Gasteiger partial charge is 0.416 e. The normalized spacial score (nSPS) is 15.5. The van der Waals surface area contributed by atoms with Gasteiger partial charge in [0.05, 0.1) is 22.9 Å². The first kappa shape index (κ1) is 22.1. The van der Waals surface area contributed by atoms with Crippen molar-refractivity contribution in [2.75, 3.05) is 25.0 Å². The molecule has 0 fully saturated rings. The predicted molar refractivity (Wildman–Crippen MR) is 106 cm³/mol. The van der Waals surface area contributed by atoms with Crippen molar-refractivity contribution in [1.82, 2.24) is 9.88 Å². The smallest absolute Gasteiger partial charge is 0.393 e. The maximum Gasteiger partial charge on any atom is 0.416 e. The first-order valence-corrected chi connectivity index (χ1v) is 9.44. The van der Waals surface area contributed by atoms with E-state index in [2.05, 4.69) is 10.3 Å². The van der Waals surface area contributed by atoms with Gasteiger partial charge in [0.15, 0.2) is 0 Å². The summed E-state index contributed by atoms with van der Waals surface area (Å²) in [6.45, 7) is 0.210. The molecule has 0 aliphatic carbocycles. The minimum absolute atomic E-state index is 0.269. The summed E-state index contributed by atoms with van der Waals surface area (Å²) < 4.78 is 37.9. The standard InChI is InChI=1S/C20H19ClF3N3O3/c21-16-9-13(17(29)11-28)10-25-18(16)12-5-7-27(8-6-12)19(30)26-15-3-1-14(2-4-15)20(22,23)24/h1-5,9-10,17,28-29H,6-8,11H2,(H,26,30). The van der Waals surface area contributed by atoms with Gasteiger partial charge in [-0.3, -0.25) is 4.98 Å². The number of halogens is 4. The van der Waals surface area contributed by atoms with Crippen LogP contribution >= 0.6 is 11.6 Å². The second kappa shape index (κ2) is 9.03. The molecule has 0 saturated carbocycles. The van der Waals surface area contributed by atoms with Crippen LogP contribution in [0.4, 0.5) is 23.7 Å². The summed E-state index contributed by atoms with van der Waals surface area (Å²) in [5.41, 5.74) is 1.26. The highest BCUT2D eigenvalue weighted by molar-refractivity contribution is 6.32. The molecule has 1 atom stereocenters. The molecule has 0 bridgehead atoms. The lowest BCUT2D eigenvalue weighted by Gasteiger charge is -2.27.